The summed E-state index contributed by atoms with van der Waals surface area (Å²) in [6, 6.07) is 11.8. The summed E-state index contributed by atoms with van der Waals surface area (Å²) in [7, 11) is -2.23. The largest absolute Gasteiger partial charge is 0.418 e. The molecule has 33 heavy (non-hydrogen) atoms. The molecule has 0 fully saturated rings. The van der Waals surface area contributed by atoms with Gasteiger partial charge in [-0.05, 0) is 55.9 Å². The Kier molecular flexibility index (Phi) is 5.89. The van der Waals surface area contributed by atoms with Gasteiger partial charge >= 0.3 is 6.18 Å². The Bertz CT molecular complexity index is 1420. The average Bonchev–Trinajstić information content (AvgIpc) is 3.14. The van der Waals surface area contributed by atoms with Crippen molar-refractivity contribution in [3.8, 4) is 0 Å². The molecule has 0 saturated carbocycles. The maximum Gasteiger partial charge on any atom is 0.418 e. The van der Waals surface area contributed by atoms with Crippen molar-refractivity contribution < 1.29 is 21.6 Å². The van der Waals surface area contributed by atoms with Crippen LogP contribution in [0.15, 0.2) is 72.0 Å². The predicted octanol–water partition coefficient (Wildman–Crippen LogP) is 5.06. The molecule has 0 saturated heterocycles. The molecular weight excluding hydrogens is 453 g/mol. The summed E-state index contributed by atoms with van der Waals surface area (Å²) in [6.07, 6.45) is -0.299. The van der Waals surface area contributed by atoms with Crippen molar-refractivity contribution in [2.75, 3.05) is 12.4 Å². The van der Waals surface area contributed by atoms with Gasteiger partial charge in [0, 0.05) is 36.2 Å². The molecule has 0 aliphatic heterocycles. The molecule has 0 aliphatic carbocycles. The molecule has 0 amide bonds. The molecule has 2 aromatic heterocycles. The first-order chi connectivity index (χ1) is 15.6. The van der Waals surface area contributed by atoms with Crippen LogP contribution in [0.3, 0.4) is 0 Å². The SMILES string of the molecule is CNCc1cn(S(=O)(=O)c2cccnc2)c2cc(Nc3ccc(C)cc3C(F)(F)F)ccc12. The third kappa shape index (κ3) is 4.44. The van der Waals surface area contributed by atoms with Crippen LogP contribution in [0.1, 0.15) is 16.7 Å². The molecule has 2 aromatic carbocycles. The molecule has 6 nitrogen and oxygen atoms in total. The van der Waals surface area contributed by atoms with Gasteiger partial charge in [0.25, 0.3) is 10.0 Å². The van der Waals surface area contributed by atoms with Gasteiger partial charge in [-0.25, -0.2) is 12.4 Å². The average molecular weight is 475 g/mol. The number of benzene rings is 2. The first-order valence-corrected chi connectivity index (χ1v) is 11.4. The molecule has 0 radical (unpaired) electrons. The third-order valence-corrected chi connectivity index (χ3v) is 6.83. The van der Waals surface area contributed by atoms with Gasteiger partial charge in [0.15, 0.2) is 0 Å². The highest BCUT2D eigenvalue weighted by Gasteiger charge is 2.33. The monoisotopic (exact) mass is 474 g/mol. The van der Waals surface area contributed by atoms with Gasteiger partial charge in [0.2, 0.25) is 0 Å². The number of pyridine rings is 1. The summed E-state index contributed by atoms with van der Waals surface area (Å²) in [5.41, 5.74) is 0.977. The van der Waals surface area contributed by atoms with Crippen molar-refractivity contribution in [2.24, 2.45) is 0 Å². The van der Waals surface area contributed by atoms with Gasteiger partial charge in [0.1, 0.15) is 4.90 Å². The Morgan fingerprint density at radius 2 is 1.88 bits per heavy atom. The minimum Gasteiger partial charge on any atom is -0.355 e. The number of alkyl halides is 3. The summed E-state index contributed by atoms with van der Waals surface area (Å²) in [4.78, 5) is 3.90. The second-order valence-electron chi connectivity index (χ2n) is 7.58. The van der Waals surface area contributed by atoms with Crippen molar-refractivity contribution >= 4 is 32.3 Å². The number of nitrogens with one attached hydrogen (secondary N) is 2. The van der Waals surface area contributed by atoms with Crippen LogP contribution in [0, 0.1) is 6.92 Å². The highest BCUT2D eigenvalue weighted by molar-refractivity contribution is 7.90. The van der Waals surface area contributed by atoms with Crippen molar-refractivity contribution in [1.82, 2.24) is 14.3 Å². The van der Waals surface area contributed by atoms with Crippen LogP contribution in [-0.2, 0) is 22.7 Å². The molecule has 0 bridgehead atoms. The van der Waals surface area contributed by atoms with Gasteiger partial charge in [0.05, 0.1) is 16.8 Å². The van der Waals surface area contributed by atoms with E-state index in [1.807, 2.05) is 0 Å². The van der Waals surface area contributed by atoms with Crippen LogP contribution in [0.5, 0.6) is 0 Å². The normalized spacial score (nSPS) is 12.3. The molecule has 172 valence electrons. The standard InChI is InChI=1S/C23H21F3N4O2S/c1-15-5-8-21(20(10-15)23(24,25)26)29-17-6-7-19-16(12-27-2)14-30(22(19)11-17)33(31,32)18-4-3-9-28-13-18/h3-11,13-14,27,29H,12H2,1-2H3. The zero-order valence-corrected chi connectivity index (χ0v) is 18.6. The maximum absolute atomic E-state index is 13.5. The third-order valence-electron chi connectivity index (χ3n) is 5.17. The van der Waals surface area contributed by atoms with Gasteiger partial charge in [-0.15, -0.1) is 0 Å². The number of aryl methyl sites for hydroxylation is 1. The van der Waals surface area contributed by atoms with Crippen molar-refractivity contribution in [3.63, 3.8) is 0 Å². The Labute approximate surface area is 189 Å². The predicted molar refractivity (Wildman–Crippen MR) is 121 cm³/mol. The number of fused-ring (bicyclic) bond motifs is 1. The van der Waals surface area contributed by atoms with E-state index in [-0.39, 0.29) is 10.6 Å². The van der Waals surface area contributed by atoms with Crippen LogP contribution >= 0.6 is 0 Å². The van der Waals surface area contributed by atoms with Gasteiger partial charge in [-0.2, -0.15) is 13.2 Å². The molecule has 4 aromatic rings. The van der Waals surface area contributed by atoms with Gasteiger partial charge in [-0.3, -0.25) is 4.98 Å². The molecule has 0 spiro atoms. The molecule has 2 heterocycles. The maximum atomic E-state index is 13.5. The quantitative estimate of drug-likeness (QED) is 0.408. The van der Waals surface area contributed by atoms with Crippen molar-refractivity contribution in [2.45, 2.75) is 24.5 Å². The summed E-state index contributed by atoms with van der Waals surface area (Å²) < 4.78 is 68.4. The fraction of sp³-hybridized carbons (Fsp3) is 0.174. The minimum absolute atomic E-state index is 0.00848. The zero-order chi connectivity index (χ0) is 23.8. The van der Waals surface area contributed by atoms with Crippen LogP contribution in [0.25, 0.3) is 10.9 Å². The van der Waals surface area contributed by atoms with Crippen LogP contribution in [0.2, 0.25) is 0 Å². The van der Waals surface area contributed by atoms with Crippen molar-refractivity contribution in [1.29, 1.82) is 0 Å². The first-order valence-electron chi connectivity index (χ1n) is 10.0. The molecule has 0 atom stereocenters. The number of aromatic nitrogens is 2. The Balaban J connectivity index is 1.85. The van der Waals surface area contributed by atoms with Crippen molar-refractivity contribution in [3.05, 3.63) is 83.8 Å². The van der Waals surface area contributed by atoms with E-state index in [4.69, 9.17) is 0 Å². The molecule has 10 heteroatoms. The van der Waals surface area contributed by atoms with E-state index in [9.17, 15) is 21.6 Å². The number of nitrogens with zero attached hydrogens (tertiary/aromatic N) is 2. The molecule has 0 unspecified atom stereocenters. The summed E-state index contributed by atoms with van der Waals surface area (Å²) >= 11 is 0. The number of hydrogen-bond acceptors (Lipinski definition) is 5. The van der Waals surface area contributed by atoms with E-state index in [2.05, 4.69) is 15.6 Å². The minimum atomic E-state index is -4.54. The smallest absolute Gasteiger partial charge is 0.355 e. The van der Waals surface area contributed by atoms with E-state index >= 15 is 0 Å². The molecule has 2 N–H and O–H groups in total. The fourth-order valence-corrected chi connectivity index (χ4v) is 4.99. The number of halogens is 3. The number of hydrogen-bond donors (Lipinski definition) is 2. The second kappa shape index (κ2) is 8.53. The fourth-order valence-electron chi connectivity index (χ4n) is 3.64. The van der Waals surface area contributed by atoms with Gasteiger partial charge < -0.3 is 10.6 Å². The van der Waals surface area contributed by atoms with E-state index in [1.54, 1.807) is 32.2 Å². The first kappa shape index (κ1) is 22.8. The topological polar surface area (TPSA) is 76.0 Å². The lowest BCUT2D eigenvalue weighted by Gasteiger charge is -2.16. The summed E-state index contributed by atoms with van der Waals surface area (Å²) in [6.45, 7) is 2.00. The number of anilines is 2. The van der Waals surface area contributed by atoms with Gasteiger partial charge in [-0.1, -0.05) is 17.7 Å². The van der Waals surface area contributed by atoms with E-state index in [0.717, 1.165) is 15.6 Å². The zero-order valence-electron chi connectivity index (χ0n) is 17.8. The highest BCUT2D eigenvalue weighted by atomic mass is 32.2. The second-order valence-corrected chi connectivity index (χ2v) is 9.39. The Hall–Kier alpha value is -3.37. The molecule has 4 rings (SSSR count). The van der Waals surface area contributed by atoms with Crippen LogP contribution < -0.4 is 10.6 Å². The Morgan fingerprint density at radius 3 is 2.55 bits per heavy atom. The lowest BCUT2D eigenvalue weighted by molar-refractivity contribution is -0.137. The molecular formula is C23H21F3N4O2S. The van der Waals surface area contributed by atoms with E-state index in [0.29, 0.717) is 28.7 Å². The summed E-state index contributed by atoms with van der Waals surface area (Å²) in [5, 5.41) is 6.47. The lowest BCUT2D eigenvalue weighted by atomic mass is 10.1. The van der Waals surface area contributed by atoms with E-state index < -0.39 is 21.8 Å². The highest BCUT2D eigenvalue weighted by Crippen LogP contribution is 2.37. The lowest BCUT2D eigenvalue weighted by Crippen LogP contribution is -2.12. The van der Waals surface area contributed by atoms with E-state index in [1.165, 1.54) is 42.9 Å². The van der Waals surface area contributed by atoms with Crippen LogP contribution in [0.4, 0.5) is 24.5 Å². The number of rotatable bonds is 6. The summed E-state index contributed by atoms with van der Waals surface area (Å²) in [5.74, 6) is 0. The molecule has 0 aliphatic rings. The van der Waals surface area contributed by atoms with Crippen LogP contribution in [-0.4, -0.2) is 24.4 Å². The Morgan fingerprint density at radius 1 is 1.09 bits per heavy atom.